The molecule has 1 aliphatic heterocycles. The number of nitrogens with zero attached hydrogens (tertiary/aromatic N) is 2. The average Bonchev–Trinajstić information content (AvgIpc) is 2.63. The number of halogens is 1. The summed E-state index contributed by atoms with van der Waals surface area (Å²) in [7, 11) is 0. The Morgan fingerprint density at radius 3 is 2.89 bits per heavy atom. The Bertz CT molecular complexity index is 464. The highest BCUT2D eigenvalue weighted by atomic mass is 19.1. The van der Waals surface area contributed by atoms with Crippen LogP contribution in [0.1, 0.15) is 43.7 Å². The van der Waals surface area contributed by atoms with E-state index in [9.17, 15) is 4.39 Å². The predicted octanol–water partition coefficient (Wildman–Crippen LogP) is 3.71. The van der Waals surface area contributed by atoms with Gasteiger partial charge in [0, 0.05) is 6.54 Å². The molecule has 2 nitrogen and oxygen atoms in total. The number of hydrogen-bond acceptors (Lipinski definition) is 2. The van der Waals surface area contributed by atoms with Crippen LogP contribution in [0.15, 0.2) is 18.2 Å². The van der Waals surface area contributed by atoms with Gasteiger partial charge in [0.1, 0.15) is 5.82 Å². The highest BCUT2D eigenvalue weighted by Gasteiger charge is 2.16. The van der Waals surface area contributed by atoms with Crippen LogP contribution in [0.2, 0.25) is 0 Å². The van der Waals surface area contributed by atoms with E-state index >= 15 is 0 Å². The molecule has 0 N–H and O–H groups in total. The lowest BCUT2D eigenvalue weighted by molar-refractivity contribution is 0.271. The fraction of sp³-hybridized carbons (Fsp3) is 0.562. The van der Waals surface area contributed by atoms with Gasteiger partial charge in [-0.15, -0.1) is 0 Å². The van der Waals surface area contributed by atoms with Crippen molar-refractivity contribution in [2.24, 2.45) is 5.92 Å². The van der Waals surface area contributed by atoms with Gasteiger partial charge in [-0.3, -0.25) is 4.90 Å². The second-order valence-corrected chi connectivity index (χ2v) is 5.44. The van der Waals surface area contributed by atoms with Crippen LogP contribution in [0, 0.1) is 23.1 Å². The van der Waals surface area contributed by atoms with Crippen molar-refractivity contribution in [1.82, 2.24) is 4.90 Å². The van der Waals surface area contributed by atoms with E-state index in [1.807, 2.05) is 6.07 Å². The van der Waals surface area contributed by atoms with Crippen molar-refractivity contribution in [3.8, 4) is 6.07 Å². The Kier molecular flexibility index (Phi) is 4.93. The molecule has 1 unspecified atom stereocenters. The first-order chi connectivity index (χ1) is 9.21. The molecule has 0 aromatic heterocycles. The van der Waals surface area contributed by atoms with Crippen molar-refractivity contribution in [3.63, 3.8) is 0 Å². The average molecular weight is 260 g/mol. The highest BCUT2D eigenvalue weighted by Crippen LogP contribution is 2.21. The van der Waals surface area contributed by atoms with Crippen molar-refractivity contribution in [2.45, 2.75) is 39.2 Å². The van der Waals surface area contributed by atoms with Crippen molar-refractivity contribution in [1.29, 1.82) is 5.26 Å². The molecule has 19 heavy (non-hydrogen) atoms. The summed E-state index contributed by atoms with van der Waals surface area (Å²) in [4.78, 5) is 2.38. The zero-order valence-electron chi connectivity index (χ0n) is 11.5. The summed E-state index contributed by atoms with van der Waals surface area (Å²) in [5.41, 5.74) is 1.32. The highest BCUT2D eigenvalue weighted by molar-refractivity contribution is 5.33. The van der Waals surface area contributed by atoms with Crippen molar-refractivity contribution < 1.29 is 4.39 Å². The summed E-state index contributed by atoms with van der Waals surface area (Å²) in [6.45, 7) is 5.17. The topological polar surface area (TPSA) is 27.0 Å². The summed E-state index contributed by atoms with van der Waals surface area (Å²) in [5.74, 6) is 0.530. The fourth-order valence-electron chi connectivity index (χ4n) is 2.86. The standard InChI is InChI=1S/C16H21FN2/c1-2-13-4-3-6-19(7-5-13)12-15-8-14(11-18)9-16(17)10-15/h8-10,13H,2-7,12H2,1H3. The Morgan fingerprint density at radius 1 is 1.32 bits per heavy atom. The first-order valence-corrected chi connectivity index (χ1v) is 7.13. The summed E-state index contributed by atoms with van der Waals surface area (Å²) in [5, 5.41) is 8.87. The lowest BCUT2D eigenvalue weighted by atomic mass is 9.98. The first-order valence-electron chi connectivity index (χ1n) is 7.13. The summed E-state index contributed by atoms with van der Waals surface area (Å²) in [6.07, 6.45) is 5.02. The maximum atomic E-state index is 13.4. The molecule has 1 aromatic rings. The molecule has 0 saturated carbocycles. The van der Waals surface area contributed by atoms with Gasteiger partial charge in [-0.25, -0.2) is 4.39 Å². The van der Waals surface area contributed by atoms with Crippen LogP contribution in [0.3, 0.4) is 0 Å². The maximum absolute atomic E-state index is 13.4. The Morgan fingerprint density at radius 2 is 2.16 bits per heavy atom. The zero-order chi connectivity index (χ0) is 13.7. The third-order valence-corrected chi connectivity index (χ3v) is 4.01. The van der Waals surface area contributed by atoms with Gasteiger partial charge in [0.15, 0.2) is 0 Å². The van der Waals surface area contributed by atoms with Crippen LogP contribution in [0.5, 0.6) is 0 Å². The molecule has 1 heterocycles. The lowest BCUT2D eigenvalue weighted by Gasteiger charge is -2.20. The Labute approximate surface area is 114 Å². The third-order valence-electron chi connectivity index (χ3n) is 4.01. The van der Waals surface area contributed by atoms with Gasteiger partial charge in [0.2, 0.25) is 0 Å². The van der Waals surface area contributed by atoms with Crippen LogP contribution in [0.25, 0.3) is 0 Å². The van der Waals surface area contributed by atoms with E-state index in [1.54, 1.807) is 12.1 Å². The minimum atomic E-state index is -0.310. The van der Waals surface area contributed by atoms with Gasteiger partial charge in [-0.1, -0.05) is 13.3 Å². The van der Waals surface area contributed by atoms with Crippen LogP contribution < -0.4 is 0 Å². The van der Waals surface area contributed by atoms with E-state index < -0.39 is 0 Å². The molecule has 1 aliphatic rings. The first kappa shape index (κ1) is 14.0. The Balaban J connectivity index is 2.01. The zero-order valence-corrected chi connectivity index (χ0v) is 11.5. The molecule has 1 fully saturated rings. The van der Waals surface area contributed by atoms with Crippen LogP contribution in [0.4, 0.5) is 4.39 Å². The number of benzene rings is 1. The normalized spacial score (nSPS) is 20.8. The van der Waals surface area contributed by atoms with Gasteiger partial charge in [0.05, 0.1) is 11.6 Å². The van der Waals surface area contributed by atoms with E-state index in [0.717, 1.165) is 31.1 Å². The van der Waals surface area contributed by atoms with E-state index in [2.05, 4.69) is 11.8 Å². The van der Waals surface area contributed by atoms with Crippen LogP contribution in [-0.2, 0) is 6.54 Å². The van der Waals surface area contributed by atoms with E-state index in [0.29, 0.717) is 5.56 Å². The molecule has 2 rings (SSSR count). The molecule has 1 aromatic carbocycles. The van der Waals surface area contributed by atoms with E-state index in [1.165, 1.54) is 31.7 Å². The second kappa shape index (κ2) is 6.68. The molecule has 102 valence electrons. The molecule has 0 bridgehead atoms. The van der Waals surface area contributed by atoms with Crippen molar-refractivity contribution in [3.05, 3.63) is 35.1 Å². The molecule has 1 saturated heterocycles. The predicted molar refractivity (Wildman–Crippen MR) is 74.0 cm³/mol. The summed E-state index contributed by atoms with van der Waals surface area (Å²) in [6, 6.07) is 6.65. The van der Waals surface area contributed by atoms with Crippen LogP contribution >= 0.6 is 0 Å². The number of nitriles is 1. The van der Waals surface area contributed by atoms with Crippen molar-refractivity contribution >= 4 is 0 Å². The van der Waals surface area contributed by atoms with Crippen molar-refractivity contribution in [2.75, 3.05) is 13.1 Å². The number of likely N-dealkylation sites (tertiary alicyclic amines) is 1. The molecule has 0 radical (unpaired) electrons. The third kappa shape index (κ3) is 4.04. The quantitative estimate of drug-likeness (QED) is 0.828. The molecular weight excluding hydrogens is 239 g/mol. The molecule has 0 spiro atoms. The molecule has 0 amide bonds. The molecular formula is C16H21FN2. The molecule has 1 atom stereocenters. The largest absolute Gasteiger partial charge is 0.299 e. The van der Waals surface area contributed by atoms with Gasteiger partial charge in [-0.2, -0.15) is 5.26 Å². The SMILES string of the molecule is CCC1CCCN(Cc2cc(F)cc(C#N)c2)CC1. The minimum absolute atomic E-state index is 0.310. The van der Waals surface area contributed by atoms with Gasteiger partial charge in [0.25, 0.3) is 0 Å². The minimum Gasteiger partial charge on any atom is -0.299 e. The van der Waals surface area contributed by atoms with Gasteiger partial charge >= 0.3 is 0 Å². The van der Waals surface area contributed by atoms with E-state index in [-0.39, 0.29) is 5.82 Å². The van der Waals surface area contributed by atoms with Crippen LogP contribution in [-0.4, -0.2) is 18.0 Å². The lowest BCUT2D eigenvalue weighted by Crippen LogP contribution is -2.24. The Hall–Kier alpha value is -1.40. The van der Waals surface area contributed by atoms with Gasteiger partial charge in [-0.05, 0) is 62.0 Å². The second-order valence-electron chi connectivity index (χ2n) is 5.44. The molecule has 3 heteroatoms. The number of hydrogen-bond donors (Lipinski definition) is 0. The fourth-order valence-corrected chi connectivity index (χ4v) is 2.86. The van der Waals surface area contributed by atoms with Gasteiger partial charge < -0.3 is 0 Å². The monoisotopic (exact) mass is 260 g/mol. The molecule has 0 aliphatic carbocycles. The summed E-state index contributed by atoms with van der Waals surface area (Å²) >= 11 is 0. The summed E-state index contributed by atoms with van der Waals surface area (Å²) < 4.78 is 13.4. The number of rotatable bonds is 3. The maximum Gasteiger partial charge on any atom is 0.124 e. The smallest absolute Gasteiger partial charge is 0.124 e. The van der Waals surface area contributed by atoms with E-state index in [4.69, 9.17) is 5.26 Å².